The topological polar surface area (TPSA) is 72.4 Å². The molecule has 0 saturated heterocycles. The minimum atomic E-state index is -0.253. The van der Waals surface area contributed by atoms with E-state index in [4.69, 9.17) is 4.42 Å². The van der Waals surface area contributed by atoms with Gasteiger partial charge in [0.2, 0.25) is 5.91 Å². The molecule has 3 aromatic heterocycles. The second kappa shape index (κ2) is 7.11. The van der Waals surface area contributed by atoms with Gasteiger partial charge in [-0.1, -0.05) is 19.9 Å². The number of carbonyl (C=O) groups is 1. The summed E-state index contributed by atoms with van der Waals surface area (Å²) in [5, 5.41) is 12.4. The molecule has 0 radical (unpaired) electrons. The zero-order valence-electron chi connectivity index (χ0n) is 16.6. The van der Waals surface area contributed by atoms with Crippen LogP contribution < -0.4 is 5.32 Å². The number of hydrogen-bond donors (Lipinski definition) is 1. The van der Waals surface area contributed by atoms with Crippen LogP contribution in [0.25, 0.3) is 16.6 Å². The molecule has 1 aromatic carbocycles. The van der Waals surface area contributed by atoms with E-state index in [1.165, 1.54) is 11.1 Å². The highest BCUT2D eigenvalue weighted by Gasteiger charge is 2.18. The number of pyridine rings is 1. The van der Waals surface area contributed by atoms with Gasteiger partial charge in [0.25, 0.3) is 0 Å². The van der Waals surface area contributed by atoms with Gasteiger partial charge in [-0.15, -0.1) is 10.2 Å². The highest BCUT2D eigenvalue weighted by Crippen LogP contribution is 2.29. The van der Waals surface area contributed by atoms with Crippen molar-refractivity contribution in [3.63, 3.8) is 0 Å². The standard InChI is InChI=1S/C22H24N4O2/c1-13(2)17-11-18-16(12-28-19(18)9-14(17)3)10-21(27)23-15(4)22-25-24-20-7-5-6-8-26(20)22/h5-9,11-13,15H,10H2,1-4H3,(H,23,27)/t15-/m1/s1. The number of fused-ring (bicyclic) bond motifs is 2. The molecule has 144 valence electrons. The molecule has 0 saturated carbocycles. The predicted molar refractivity (Wildman–Crippen MR) is 108 cm³/mol. The summed E-state index contributed by atoms with van der Waals surface area (Å²) in [5.41, 5.74) is 4.96. The molecule has 28 heavy (non-hydrogen) atoms. The maximum absolute atomic E-state index is 12.7. The Morgan fingerprint density at radius 3 is 2.82 bits per heavy atom. The van der Waals surface area contributed by atoms with E-state index < -0.39 is 0 Å². The molecule has 6 heteroatoms. The van der Waals surface area contributed by atoms with Crippen LogP contribution in [0.2, 0.25) is 0 Å². The summed E-state index contributed by atoms with van der Waals surface area (Å²) in [6, 6.07) is 9.66. The van der Waals surface area contributed by atoms with Gasteiger partial charge in [-0.05, 0) is 55.2 Å². The van der Waals surface area contributed by atoms with Gasteiger partial charge in [-0.2, -0.15) is 0 Å². The van der Waals surface area contributed by atoms with Crippen LogP contribution in [-0.4, -0.2) is 20.5 Å². The summed E-state index contributed by atoms with van der Waals surface area (Å²) < 4.78 is 7.58. The Morgan fingerprint density at radius 2 is 2.04 bits per heavy atom. The lowest BCUT2D eigenvalue weighted by atomic mass is 9.95. The van der Waals surface area contributed by atoms with E-state index in [0.717, 1.165) is 22.2 Å². The van der Waals surface area contributed by atoms with Gasteiger partial charge in [-0.25, -0.2) is 0 Å². The molecule has 0 fully saturated rings. The first-order valence-electron chi connectivity index (χ1n) is 9.53. The Balaban J connectivity index is 1.54. The molecular weight excluding hydrogens is 352 g/mol. The third-order valence-corrected chi connectivity index (χ3v) is 5.12. The normalized spacial score (nSPS) is 12.8. The Morgan fingerprint density at radius 1 is 1.21 bits per heavy atom. The summed E-state index contributed by atoms with van der Waals surface area (Å²) in [5.74, 6) is 1.05. The van der Waals surface area contributed by atoms with Crippen LogP contribution in [0.15, 0.2) is 47.2 Å². The molecule has 3 heterocycles. The number of carbonyl (C=O) groups excluding carboxylic acids is 1. The molecule has 1 amide bonds. The van der Waals surface area contributed by atoms with E-state index in [0.29, 0.717) is 11.7 Å². The van der Waals surface area contributed by atoms with Crippen molar-refractivity contribution >= 4 is 22.5 Å². The van der Waals surface area contributed by atoms with Crippen molar-refractivity contribution in [2.24, 2.45) is 0 Å². The van der Waals surface area contributed by atoms with Crippen LogP contribution in [0.3, 0.4) is 0 Å². The Hall–Kier alpha value is -3.15. The number of aryl methyl sites for hydroxylation is 1. The highest BCUT2D eigenvalue weighted by molar-refractivity contribution is 5.88. The molecule has 1 N–H and O–H groups in total. The maximum atomic E-state index is 12.7. The summed E-state index contributed by atoms with van der Waals surface area (Å²) in [6.45, 7) is 8.35. The first-order chi connectivity index (χ1) is 13.4. The number of rotatable bonds is 5. The Labute approximate surface area is 163 Å². The predicted octanol–water partition coefficient (Wildman–Crippen LogP) is 4.33. The number of hydrogen-bond acceptors (Lipinski definition) is 4. The van der Waals surface area contributed by atoms with E-state index in [1.807, 2.05) is 35.7 Å². The maximum Gasteiger partial charge on any atom is 0.225 e. The Kier molecular flexibility index (Phi) is 4.63. The van der Waals surface area contributed by atoms with Gasteiger partial charge in [0.15, 0.2) is 11.5 Å². The molecule has 0 bridgehead atoms. The van der Waals surface area contributed by atoms with Crippen molar-refractivity contribution in [2.45, 2.75) is 46.1 Å². The molecule has 0 aliphatic heterocycles. The quantitative estimate of drug-likeness (QED) is 0.563. The minimum Gasteiger partial charge on any atom is -0.464 e. The SMILES string of the molecule is Cc1cc2occ(CC(=O)N[C@H](C)c3nnc4ccccn34)c2cc1C(C)C. The molecule has 6 nitrogen and oxygen atoms in total. The van der Waals surface area contributed by atoms with Gasteiger partial charge in [0.1, 0.15) is 5.58 Å². The second-order valence-electron chi connectivity index (χ2n) is 7.57. The van der Waals surface area contributed by atoms with Gasteiger partial charge in [0, 0.05) is 17.1 Å². The molecule has 4 rings (SSSR count). The molecule has 4 aromatic rings. The first-order valence-corrected chi connectivity index (χ1v) is 9.53. The van der Waals surface area contributed by atoms with Crippen LogP contribution >= 0.6 is 0 Å². The lowest BCUT2D eigenvalue weighted by Gasteiger charge is -2.12. The third kappa shape index (κ3) is 3.26. The first kappa shape index (κ1) is 18.2. The van der Waals surface area contributed by atoms with E-state index in [-0.39, 0.29) is 18.4 Å². The number of amides is 1. The van der Waals surface area contributed by atoms with Crippen LogP contribution in [0.1, 0.15) is 55.2 Å². The second-order valence-corrected chi connectivity index (χ2v) is 7.57. The smallest absolute Gasteiger partial charge is 0.225 e. The third-order valence-electron chi connectivity index (χ3n) is 5.12. The zero-order valence-corrected chi connectivity index (χ0v) is 16.6. The van der Waals surface area contributed by atoms with Gasteiger partial charge in [-0.3, -0.25) is 9.20 Å². The van der Waals surface area contributed by atoms with Crippen molar-refractivity contribution in [3.8, 4) is 0 Å². The fraction of sp³-hybridized carbons (Fsp3) is 0.318. The molecule has 0 aliphatic carbocycles. The number of benzene rings is 1. The number of aromatic nitrogens is 3. The summed E-state index contributed by atoms with van der Waals surface area (Å²) in [6.07, 6.45) is 3.84. The van der Waals surface area contributed by atoms with Crippen LogP contribution in [0.4, 0.5) is 0 Å². The highest BCUT2D eigenvalue weighted by atomic mass is 16.3. The van der Waals surface area contributed by atoms with Crippen LogP contribution in [-0.2, 0) is 11.2 Å². The summed E-state index contributed by atoms with van der Waals surface area (Å²) in [4.78, 5) is 12.7. The van der Waals surface area contributed by atoms with E-state index >= 15 is 0 Å². The average molecular weight is 376 g/mol. The van der Waals surface area contributed by atoms with Crippen LogP contribution in [0, 0.1) is 6.92 Å². The van der Waals surface area contributed by atoms with Crippen molar-refractivity contribution < 1.29 is 9.21 Å². The molecular formula is C22H24N4O2. The largest absolute Gasteiger partial charge is 0.464 e. The Bertz CT molecular complexity index is 1160. The molecule has 0 spiro atoms. The fourth-order valence-corrected chi connectivity index (χ4v) is 3.69. The summed E-state index contributed by atoms with van der Waals surface area (Å²) >= 11 is 0. The fourth-order valence-electron chi connectivity index (χ4n) is 3.69. The zero-order chi connectivity index (χ0) is 19.8. The minimum absolute atomic E-state index is 0.0745. The number of nitrogens with zero attached hydrogens (tertiary/aromatic N) is 3. The molecule has 1 atom stereocenters. The van der Waals surface area contributed by atoms with Crippen molar-refractivity contribution in [1.29, 1.82) is 0 Å². The molecule has 0 aliphatic rings. The summed E-state index contributed by atoms with van der Waals surface area (Å²) in [7, 11) is 0. The van der Waals surface area contributed by atoms with Gasteiger partial charge < -0.3 is 9.73 Å². The van der Waals surface area contributed by atoms with Crippen molar-refractivity contribution in [3.05, 3.63) is 65.3 Å². The lowest BCUT2D eigenvalue weighted by Crippen LogP contribution is -2.29. The van der Waals surface area contributed by atoms with E-state index in [9.17, 15) is 4.79 Å². The van der Waals surface area contributed by atoms with Gasteiger partial charge >= 0.3 is 0 Å². The monoisotopic (exact) mass is 376 g/mol. The molecule has 0 unspecified atom stereocenters. The van der Waals surface area contributed by atoms with Crippen LogP contribution in [0.5, 0.6) is 0 Å². The van der Waals surface area contributed by atoms with Gasteiger partial charge in [0.05, 0.1) is 18.7 Å². The van der Waals surface area contributed by atoms with E-state index in [1.54, 1.807) is 6.26 Å². The average Bonchev–Trinajstić information content (AvgIpc) is 3.25. The lowest BCUT2D eigenvalue weighted by molar-refractivity contribution is -0.121. The van der Waals surface area contributed by atoms with Crippen molar-refractivity contribution in [2.75, 3.05) is 0 Å². The van der Waals surface area contributed by atoms with Crippen molar-refractivity contribution in [1.82, 2.24) is 19.9 Å². The van der Waals surface area contributed by atoms with E-state index in [2.05, 4.69) is 48.4 Å². The number of nitrogens with one attached hydrogen (secondary N) is 1. The number of furan rings is 1.